The maximum atomic E-state index is 12.0. The molecule has 2 amide bonds. The second-order valence-electron chi connectivity index (χ2n) is 10.1. The Kier molecular flexibility index (Phi) is 5.67. The fourth-order valence-electron chi connectivity index (χ4n) is 4.35. The van der Waals surface area contributed by atoms with Gasteiger partial charge in [-0.3, -0.25) is 4.40 Å². The molecule has 36 heavy (non-hydrogen) atoms. The molecule has 0 saturated carbocycles. The monoisotopic (exact) mass is 483 g/mol. The summed E-state index contributed by atoms with van der Waals surface area (Å²) < 4.78 is 6.83. The van der Waals surface area contributed by atoms with Gasteiger partial charge in [0, 0.05) is 36.6 Å². The molecule has 2 aromatic heterocycles. The molecule has 2 N–H and O–H groups in total. The van der Waals surface area contributed by atoms with Gasteiger partial charge in [0.05, 0.1) is 12.7 Å². The number of nitrogens with one attached hydrogen (secondary N) is 2. The number of carbonyl (C=O) groups excluding carboxylic acids is 2. The number of rotatable bonds is 4. The summed E-state index contributed by atoms with van der Waals surface area (Å²) in [4.78, 5) is 30.5. The molecule has 184 valence electrons. The van der Waals surface area contributed by atoms with Crippen molar-refractivity contribution < 1.29 is 14.3 Å². The van der Waals surface area contributed by atoms with Gasteiger partial charge in [-0.1, -0.05) is 30.3 Å². The molecule has 1 aliphatic heterocycles. The summed E-state index contributed by atoms with van der Waals surface area (Å²) in [5.74, 6) is 0.460. The molecule has 0 saturated heterocycles. The first kappa shape index (κ1) is 23.4. The van der Waals surface area contributed by atoms with Crippen LogP contribution in [0.2, 0.25) is 0 Å². The molecule has 1 aliphatic rings. The Morgan fingerprint density at radius 1 is 1.03 bits per heavy atom. The fourth-order valence-corrected chi connectivity index (χ4v) is 4.35. The summed E-state index contributed by atoms with van der Waals surface area (Å²) in [6.45, 7) is 6.86. The highest BCUT2D eigenvalue weighted by Gasteiger charge is 2.22. The van der Waals surface area contributed by atoms with E-state index in [1.807, 2.05) is 22.7 Å². The van der Waals surface area contributed by atoms with Gasteiger partial charge in [-0.25, -0.2) is 14.6 Å². The summed E-state index contributed by atoms with van der Waals surface area (Å²) >= 11 is 0. The Labute approximate surface area is 209 Å². The standard InChI is InChI=1S/C28H29N5O3/c1-28(2,3)31-25-24(30-23-15-20(26(34)36-5)12-13-33(23)25)18-8-6-17(7-9-18)19-10-11-22-21(14-19)16-32(4)27(35)29-22/h6-15,31H,16H2,1-5H3,(H,29,35). The van der Waals surface area contributed by atoms with Crippen LogP contribution in [0.3, 0.4) is 0 Å². The van der Waals surface area contributed by atoms with Crippen LogP contribution in [-0.4, -0.2) is 46.0 Å². The van der Waals surface area contributed by atoms with Crippen LogP contribution in [0.25, 0.3) is 28.0 Å². The Balaban J connectivity index is 1.53. The third-order valence-electron chi connectivity index (χ3n) is 6.13. The number of anilines is 2. The number of ether oxygens (including phenoxy) is 1. The molecule has 8 nitrogen and oxygen atoms in total. The van der Waals surface area contributed by atoms with Gasteiger partial charge in [0.1, 0.15) is 17.2 Å². The molecule has 3 heterocycles. The van der Waals surface area contributed by atoms with E-state index in [1.54, 1.807) is 24.1 Å². The number of pyridine rings is 1. The van der Waals surface area contributed by atoms with E-state index in [9.17, 15) is 9.59 Å². The first-order valence-corrected chi connectivity index (χ1v) is 11.8. The molecular weight excluding hydrogens is 454 g/mol. The molecule has 0 fully saturated rings. The van der Waals surface area contributed by atoms with Crippen molar-refractivity contribution in [1.29, 1.82) is 0 Å². The smallest absolute Gasteiger partial charge is 0.338 e. The molecule has 0 unspecified atom stereocenters. The molecule has 5 rings (SSSR count). The van der Waals surface area contributed by atoms with E-state index < -0.39 is 5.97 Å². The van der Waals surface area contributed by atoms with Crippen LogP contribution in [0.4, 0.5) is 16.3 Å². The normalized spacial score (nSPS) is 13.4. The van der Waals surface area contributed by atoms with Crippen molar-refractivity contribution in [1.82, 2.24) is 14.3 Å². The summed E-state index contributed by atoms with van der Waals surface area (Å²) in [7, 11) is 3.15. The number of methoxy groups -OCH3 is 1. The van der Waals surface area contributed by atoms with Crippen molar-refractivity contribution in [2.24, 2.45) is 0 Å². The van der Waals surface area contributed by atoms with Gasteiger partial charge in [-0.05, 0) is 61.7 Å². The molecule has 4 aromatic rings. The number of imidazole rings is 1. The average molecular weight is 484 g/mol. The predicted octanol–water partition coefficient (Wildman–Crippen LogP) is 5.64. The molecule has 8 heteroatoms. The topological polar surface area (TPSA) is 88.0 Å². The van der Waals surface area contributed by atoms with Crippen LogP contribution in [0.1, 0.15) is 36.7 Å². The highest BCUT2D eigenvalue weighted by Crippen LogP contribution is 2.34. The van der Waals surface area contributed by atoms with Gasteiger partial charge in [0.2, 0.25) is 0 Å². The van der Waals surface area contributed by atoms with Crippen molar-refractivity contribution >= 4 is 29.2 Å². The van der Waals surface area contributed by atoms with Gasteiger partial charge in [0.15, 0.2) is 0 Å². The lowest BCUT2D eigenvalue weighted by atomic mass is 9.99. The lowest BCUT2D eigenvalue weighted by molar-refractivity contribution is 0.0600. The third kappa shape index (κ3) is 4.37. The van der Waals surface area contributed by atoms with Crippen LogP contribution in [0.5, 0.6) is 0 Å². The van der Waals surface area contributed by atoms with Crippen molar-refractivity contribution in [3.05, 3.63) is 71.9 Å². The summed E-state index contributed by atoms with van der Waals surface area (Å²) in [5, 5.41) is 6.48. The Morgan fingerprint density at radius 3 is 2.42 bits per heavy atom. The Hall–Kier alpha value is -4.33. The van der Waals surface area contributed by atoms with E-state index in [2.05, 4.69) is 61.7 Å². The number of aromatic nitrogens is 2. The van der Waals surface area contributed by atoms with Crippen molar-refractivity contribution in [3.8, 4) is 22.4 Å². The van der Waals surface area contributed by atoms with E-state index in [4.69, 9.17) is 9.72 Å². The molecule has 0 spiro atoms. The van der Waals surface area contributed by atoms with Crippen LogP contribution in [0.15, 0.2) is 60.8 Å². The van der Waals surface area contributed by atoms with Gasteiger partial charge in [-0.2, -0.15) is 0 Å². The average Bonchev–Trinajstić information content (AvgIpc) is 3.20. The minimum atomic E-state index is -0.396. The summed E-state index contributed by atoms with van der Waals surface area (Å²) in [5.41, 5.74) is 6.76. The minimum absolute atomic E-state index is 0.0922. The highest BCUT2D eigenvalue weighted by molar-refractivity contribution is 5.93. The van der Waals surface area contributed by atoms with Crippen LogP contribution in [-0.2, 0) is 11.3 Å². The lowest BCUT2D eigenvalue weighted by Gasteiger charge is -2.26. The zero-order valence-electron chi connectivity index (χ0n) is 21.0. The molecular formula is C28H29N5O3. The maximum absolute atomic E-state index is 12.0. The minimum Gasteiger partial charge on any atom is -0.465 e. The molecule has 0 aliphatic carbocycles. The lowest BCUT2D eigenvalue weighted by Crippen LogP contribution is -2.35. The number of hydrogen-bond acceptors (Lipinski definition) is 5. The molecule has 0 atom stereocenters. The first-order chi connectivity index (χ1) is 17.1. The summed E-state index contributed by atoms with van der Waals surface area (Å²) in [6, 6.07) is 17.7. The largest absolute Gasteiger partial charge is 0.465 e. The van der Waals surface area contributed by atoms with E-state index in [-0.39, 0.29) is 11.6 Å². The SMILES string of the molecule is COC(=O)c1ccn2c(NC(C)(C)C)c(-c3ccc(-c4ccc5c(c4)CN(C)C(=O)N5)cc3)nc2c1. The van der Waals surface area contributed by atoms with Crippen molar-refractivity contribution in [3.63, 3.8) is 0 Å². The van der Waals surface area contributed by atoms with E-state index >= 15 is 0 Å². The van der Waals surface area contributed by atoms with Gasteiger partial charge in [0.25, 0.3) is 0 Å². The second kappa shape index (κ2) is 8.71. The van der Waals surface area contributed by atoms with Crippen LogP contribution >= 0.6 is 0 Å². The molecule has 2 aromatic carbocycles. The van der Waals surface area contributed by atoms with E-state index in [1.165, 1.54) is 7.11 Å². The van der Waals surface area contributed by atoms with E-state index in [0.29, 0.717) is 17.8 Å². The second-order valence-corrected chi connectivity index (χ2v) is 10.1. The van der Waals surface area contributed by atoms with Gasteiger partial charge in [-0.15, -0.1) is 0 Å². The predicted molar refractivity (Wildman–Crippen MR) is 141 cm³/mol. The molecule has 0 bridgehead atoms. The number of esters is 1. The number of urea groups is 1. The zero-order chi connectivity index (χ0) is 25.6. The highest BCUT2D eigenvalue weighted by atomic mass is 16.5. The number of benzene rings is 2. The van der Waals surface area contributed by atoms with Gasteiger partial charge >= 0.3 is 12.0 Å². The number of nitrogens with zero attached hydrogens (tertiary/aromatic N) is 3. The van der Waals surface area contributed by atoms with Gasteiger partial charge < -0.3 is 20.3 Å². The number of fused-ring (bicyclic) bond motifs is 2. The van der Waals surface area contributed by atoms with Crippen molar-refractivity contribution in [2.75, 3.05) is 24.8 Å². The van der Waals surface area contributed by atoms with Crippen LogP contribution < -0.4 is 10.6 Å². The summed E-state index contributed by atoms with van der Waals surface area (Å²) in [6.07, 6.45) is 1.84. The Morgan fingerprint density at radius 2 is 1.72 bits per heavy atom. The zero-order valence-corrected chi connectivity index (χ0v) is 21.0. The van der Waals surface area contributed by atoms with Crippen molar-refractivity contribution in [2.45, 2.75) is 32.9 Å². The molecule has 0 radical (unpaired) electrons. The quantitative estimate of drug-likeness (QED) is 0.367. The first-order valence-electron chi connectivity index (χ1n) is 11.8. The van der Waals surface area contributed by atoms with Crippen LogP contribution in [0, 0.1) is 0 Å². The number of carbonyl (C=O) groups is 2. The number of hydrogen-bond donors (Lipinski definition) is 2. The van der Waals surface area contributed by atoms with E-state index in [0.717, 1.165) is 39.5 Å². The Bertz CT molecular complexity index is 1480. The third-order valence-corrected chi connectivity index (χ3v) is 6.13. The maximum Gasteiger partial charge on any atom is 0.338 e. The number of amides is 2. The fraction of sp³-hybridized carbons (Fsp3) is 0.250.